The molecule has 0 spiro atoms. The molecule has 0 saturated carbocycles. The Morgan fingerprint density at radius 1 is 0.322 bits per heavy atom. The van der Waals surface area contributed by atoms with E-state index >= 15 is 0 Å². The van der Waals surface area contributed by atoms with Crippen molar-refractivity contribution in [2.45, 2.75) is 469 Å². The van der Waals surface area contributed by atoms with Gasteiger partial charge in [-0.05, 0) is 57.8 Å². The first-order chi connectivity index (χ1) is 43.0. The van der Waals surface area contributed by atoms with E-state index in [2.05, 4.69) is 43.5 Å². The number of allylic oxidation sites excluding steroid dienone is 4. The van der Waals surface area contributed by atoms with Gasteiger partial charge < -0.3 is 20.3 Å². The van der Waals surface area contributed by atoms with Crippen molar-refractivity contribution >= 4 is 11.9 Å². The third-order valence-electron chi connectivity index (χ3n) is 19.0. The molecule has 0 aromatic rings. The van der Waals surface area contributed by atoms with Crippen molar-refractivity contribution in [2.24, 2.45) is 0 Å². The lowest BCUT2D eigenvalue weighted by atomic mass is 10.0. The number of hydrogen-bond acceptors (Lipinski definition) is 5. The highest BCUT2D eigenvalue weighted by Crippen LogP contribution is 2.20. The molecular formula is C81H157NO5. The Labute approximate surface area is 545 Å². The average Bonchev–Trinajstić information content (AvgIpc) is 3.53. The minimum atomic E-state index is -0.661. The molecule has 87 heavy (non-hydrogen) atoms. The van der Waals surface area contributed by atoms with Crippen LogP contribution in [0.5, 0.6) is 0 Å². The molecule has 6 nitrogen and oxygen atoms in total. The minimum Gasteiger partial charge on any atom is -0.466 e. The predicted octanol–water partition coefficient (Wildman–Crippen LogP) is 26.4. The van der Waals surface area contributed by atoms with Gasteiger partial charge in [0, 0.05) is 12.8 Å². The molecule has 0 bridgehead atoms. The summed E-state index contributed by atoms with van der Waals surface area (Å²) < 4.78 is 5.50. The molecule has 0 aromatic carbocycles. The van der Waals surface area contributed by atoms with Gasteiger partial charge in [-0.1, -0.05) is 411 Å². The second kappa shape index (κ2) is 76.8. The zero-order valence-electron chi connectivity index (χ0n) is 59.3. The molecule has 0 rings (SSSR count). The van der Waals surface area contributed by atoms with Crippen molar-refractivity contribution in [1.29, 1.82) is 0 Å². The van der Waals surface area contributed by atoms with E-state index in [1.54, 1.807) is 0 Å². The molecule has 0 fully saturated rings. The van der Waals surface area contributed by atoms with Gasteiger partial charge in [-0.25, -0.2) is 0 Å². The van der Waals surface area contributed by atoms with Crippen LogP contribution in [0, 0.1) is 0 Å². The predicted molar refractivity (Wildman–Crippen MR) is 384 cm³/mol. The van der Waals surface area contributed by atoms with Crippen LogP contribution >= 0.6 is 0 Å². The van der Waals surface area contributed by atoms with Crippen LogP contribution in [0.15, 0.2) is 24.3 Å². The van der Waals surface area contributed by atoms with Crippen LogP contribution in [0.25, 0.3) is 0 Å². The minimum absolute atomic E-state index is 0.01000. The van der Waals surface area contributed by atoms with Crippen LogP contribution in [0.4, 0.5) is 0 Å². The van der Waals surface area contributed by atoms with E-state index in [9.17, 15) is 19.8 Å². The molecular weight excluding hydrogens is 1070 g/mol. The van der Waals surface area contributed by atoms with Crippen molar-refractivity contribution in [3.63, 3.8) is 0 Å². The summed E-state index contributed by atoms with van der Waals surface area (Å²) in [5, 5.41) is 23.4. The number of amides is 1. The fraction of sp³-hybridized carbons (Fsp3) is 0.926. The van der Waals surface area contributed by atoms with Gasteiger partial charge in [0.1, 0.15) is 0 Å². The quantitative estimate of drug-likeness (QED) is 0.0320. The molecule has 2 atom stereocenters. The summed E-state index contributed by atoms with van der Waals surface area (Å²) in [5.41, 5.74) is 0. The van der Waals surface area contributed by atoms with Gasteiger partial charge >= 0.3 is 5.97 Å². The summed E-state index contributed by atoms with van der Waals surface area (Å²) in [6.07, 6.45) is 98.5. The zero-order valence-corrected chi connectivity index (χ0v) is 59.3. The average molecular weight is 1230 g/mol. The van der Waals surface area contributed by atoms with E-state index in [-0.39, 0.29) is 18.5 Å². The lowest BCUT2D eigenvalue weighted by Gasteiger charge is -2.22. The first-order valence-corrected chi connectivity index (χ1v) is 40.1. The molecule has 0 radical (unpaired) electrons. The van der Waals surface area contributed by atoms with Crippen molar-refractivity contribution in [2.75, 3.05) is 13.2 Å². The van der Waals surface area contributed by atoms with E-state index in [1.165, 1.54) is 372 Å². The van der Waals surface area contributed by atoms with Crippen LogP contribution in [0.1, 0.15) is 457 Å². The fourth-order valence-corrected chi connectivity index (χ4v) is 12.9. The normalized spacial score (nSPS) is 12.6. The lowest BCUT2D eigenvalue weighted by molar-refractivity contribution is -0.143. The van der Waals surface area contributed by atoms with Gasteiger partial charge in [0.2, 0.25) is 5.91 Å². The van der Waals surface area contributed by atoms with Gasteiger partial charge in [-0.15, -0.1) is 0 Å². The number of aliphatic hydroxyl groups excluding tert-OH is 2. The lowest BCUT2D eigenvalue weighted by Crippen LogP contribution is -2.45. The highest BCUT2D eigenvalue weighted by Gasteiger charge is 2.20. The summed E-state index contributed by atoms with van der Waals surface area (Å²) in [6, 6.07) is -0.538. The third-order valence-corrected chi connectivity index (χ3v) is 19.0. The maximum Gasteiger partial charge on any atom is 0.305 e. The molecule has 3 N–H and O–H groups in total. The molecule has 1 amide bonds. The van der Waals surface area contributed by atoms with Crippen LogP contribution in [0.2, 0.25) is 0 Å². The van der Waals surface area contributed by atoms with Gasteiger partial charge in [-0.2, -0.15) is 0 Å². The van der Waals surface area contributed by atoms with Gasteiger partial charge in [0.15, 0.2) is 0 Å². The van der Waals surface area contributed by atoms with Gasteiger partial charge in [0.05, 0.1) is 25.4 Å². The van der Waals surface area contributed by atoms with Crippen molar-refractivity contribution in [1.82, 2.24) is 5.32 Å². The largest absolute Gasteiger partial charge is 0.466 e. The van der Waals surface area contributed by atoms with E-state index in [1.807, 2.05) is 0 Å². The molecule has 2 unspecified atom stereocenters. The van der Waals surface area contributed by atoms with E-state index in [4.69, 9.17) is 4.74 Å². The Bertz CT molecular complexity index is 1360. The maximum absolute atomic E-state index is 12.6. The monoisotopic (exact) mass is 1220 g/mol. The summed E-state index contributed by atoms with van der Waals surface area (Å²) in [7, 11) is 0. The van der Waals surface area contributed by atoms with Crippen molar-refractivity contribution in [3.8, 4) is 0 Å². The number of ether oxygens (including phenoxy) is 1. The first kappa shape index (κ1) is 85.3. The Balaban J connectivity index is 3.31. The standard InChI is InChI=1S/C81H157NO5/c1-3-5-7-9-11-13-15-17-19-21-39-42-45-49-53-57-61-65-69-73-79(84)78(77-83)82-80(85)74-70-66-62-58-54-50-46-43-40-37-35-33-31-29-27-25-23-22-24-26-28-30-32-34-36-38-41-44-48-52-56-60-64-68-72-76-87-81(86)75-71-67-63-59-55-51-47-20-18-16-14-12-10-8-6-4-2/h14,16,20,47,78-79,83-84H,3-13,15,17-19,21-46,48-77H2,1-2H3,(H,82,85)/b16-14-,47-20-. The molecule has 0 aliphatic heterocycles. The van der Waals surface area contributed by atoms with Crippen LogP contribution in [0.3, 0.4) is 0 Å². The van der Waals surface area contributed by atoms with Crippen LogP contribution in [-0.4, -0.2) is 47.4 Å². The number of carbonyl (C=O) groups is 2. The second-order valence-electron chi connectivity index (χ2n) is 27.8. The van der Waals surface area contributed by atoms with Gasteiger partial charge in [-0.3, -0.25) is 9.59 Å². The van der Waals surface area contributed by atoms with Crippen molar-refractivity contribution in [3.05, 3.63) is 24.3 Å². The third kappa shape index (κ3) is 73.3. The summed E-state index contributed by atoms with van der Waals surface area (Å²) in [4.78, 5) is 24.6. The Hall–Kier alpha value is -1.66. The van der Waals surface area contributed by atoms with Crippen LogP contribution in [-0.2, 0) is 14.3 Å². The Morgan fingerprint density at radius 3 is 0.885 bits per heavy atom. The summed E-state index contributed by atoms with van der Waals surface area (Å²) in [5.74, 6) is -0.0147. The number of unbranched alkanes of at least 4 members (excludes halogenated alkanes) is 61. The number of nitrogens with one attached hydrogen (secondary N) is 1. The topological polar surface area (TPSA) is 95.9 Å². The molecule has 0 aromatic heterocycles. The smallest absolute Gasteiger partial charge is 0.305 e. The van der Waals surface area contributed by atoms with Crippen LogP contribution < -0.4 is 5.32 Å². The number of hydrogen-bond donors (Lipinski definition) is 3. The van der Waals surface area contributed by atoms with Gasteiger partial charge in [0.25, 0.3) is 0 Å². The van der Waals surface area contributed by atoms with E-state index in [0.717, 1.165) is 51.4 Å². The number of esters is 1. The zero-order chi connectivity index (χ0) is 62.8. The highest BCUT2D eigenvalue weighted by atomic mass is 16.5. The number of carbonyl (C=O) groups excluding carboxylic acids is 2. The summed E-state index contributed by atoms with van der Waals surface area (Å²) >= 11 is 0. The second-order valence-corrected chi connectivity index (χ2v) is 27.8. The molecule has 516 valence electrons. The summed E-state index contributed by atoms with van der Waals surface area (Å²) in [6.45, 7) is 4.98. The SMILES string of the molecule is CCCCCC/C=C\C/C=C\CCCCCCCC(=O)OCCCCCCCCCCCCCCCCCCCCCCCCCCCCCCCCCCCCCC(=O)NC(CO)C(O)CCCCCCCCCCCCCCCCCCCCC. The number of rotatable bonds is 76. The Morgan fingerprint density at radius 2 is 0.575 bits per heavy atom. The van der Waals surface area contributed by atoms with E-state index < -0.39 is 12.1 Å². The molecule has 0 heterocycles. The maximum atomic E-state index is 12.6. The molecule has 0 aliphatic carbocycles. The van der Waals surface area contributed by atoms with E-state index in [0.29, 0.717) is 25.9 Å². The fourth-order valence-electron chi connectivity index (χ4n) is 12.9. The van der Waals surface area contributed by atoms with Crippen molar-refractivity contribution < 1.29 is 24.5 Å². The Kier molecular flexibility index (Phi) is 75.3. The molecule has 0 aliphatic rings. The molecule has 6 heteroatoms. The molecule has 0 saturated heterocycles. The first-order valence-electron chi connectivity index (χ1n) is 40.1. The number of aliphatic hydroxyl groups is 2. The highest BCUT2D eigenvalue weighted by molar-refractivity contribution is 5.76.